The highest BCUT2D eigenvalue weighted by Gasteiger charge is 2.34. The van der Waals surface area contributed by atoms with Gasteiger partial charge in [0.25, 0.3) is 0 Å². The van der Waals surface area contributed by atoms with Crippen LogP contribution in [0.5, 0.6) is 0 Å². The maximum Gasteiger partial charge on any atom is 0.141 e. The largest absolute Gasteiger partial charge is 0.271 e. The van der Waals surface area contributed by atoms with Gasteiger partial charge in [0.1, 0.15) is 5.82 Å². The van der Waals surface area contributed by atoms with Crippen LogP contribution >= 0.6 is 11.6 Å². The Morgan fingerprint density at radius 3 is 2.63 bits per heavy atom. The third-order valence-corrected chi connectivity index (χ3v) is 4.75. The first kappa shape index (κ1) is 14.8. The molecule has 1 aromatic carbocycles. The molecule has 1 aliphatic carbocycles. The van der Waals surface area contributed by atoms with E-state index in [1.807, 2.05) is 0 Å². The second-order valence-corrected chi connectivity index (χ2v) is 6.29. The van der Waals surface area contributed by atoms with Crippen LogP contribution in [-0.2, 0) is 6.42 Å². The fraction of sp³-hybridized carbons (Fsp3) is 0.600. The second kappa shape index (κ2) is 6.21. The summed E-state index contributed by atoms with van der Waals surface area (Å²) in [5.41, 5.74) is 4.20. The molecule has 1 atom stereocenters. The summed E-state index contributed by atoms with van der Waals surface area (Å²) in [6, 6.07) is 5.12. The van der Waals surface area contributed by atoms with Crippen LogP contribution in [0, 0.1) is 11.2 Å². The predicted octanol–water partition coefficient (Wildman–Crippen LogP) is 3.82. The maximum absolute atomic E-state index is 13.2. The Kier molecular flexibility index (Phi) is 4.82. The zero-order valence-corrected chi connectivity index (χ0v) is 12.1. The third-order valence-electron chi connectivity index (χ3n) is 4.46. The van der Waals surface area contributed by atoms with Crippen LogP contribution in [-0.4, -0.2) is 6.04 Å². The van der Waals surface area contributed by atoms with E-state index in [-0.39, 0.29) is 22.3 Å². The van der Waals surface area contributed by atoms with Gasteiger partial charge in [0.15, 0.2) is 0 Å². The van der Waals surface area contributed by atoms with Crippen molar-refractivity contribution < 1.29 is 4.39 Å². The molecule has 1 saturated carbocycles. The van der Waals surface area contributed by atoms with Crippen LogP contribution in [0.1, 0.15) is 44.6 Å². The first-order chi connectivity index (χ1) is 9.05. The van der Waals surface area contributed by atoms with E-state index in [0.29, 0.717) is 0 Å². The summed E-state index contributed by atoms with van der Waals surface area (Å²) < 4.78 is 13.2. The molecular weight excluding hydrogens is 263 g/mol. The van der Waals surface area contributed by atoms with Gasteiger partial charge in [-0.15, -0.1) is 0 Å². The van der Waals surface area contributed by atoms with E-state index in [1.165, 1.54) is 38.2 Å². The van der Waals surface area contributed by atoms with Crippen molar-refractivity contribution in [1.82, 2.24) is 5.43 Å². The van der Waals surface area contributed by atoms with E-state index >= 15 is 0 Å². The van der Waals surface area contributed by atoms with Gasteiger partial charge < -0.3 is 0 Å². The lowest BCUT2D eigenvalue weighted by Gasteiger charge is -2.40. The number of halogens is 2. The average molecular weight is 285 g/mol. The quantitative estimate of drug-likeness (QED) is 0.651. The van der Waals surface area contributed by atoms with Gasteiger partial charge in [0.05, 0.1) is 5.02 Å². The van der Waals surface area contributed by atoms with Crippen LogP contribution in [0.15, 0.2) is 18.2 Å². The molecule has 2 nitrogen and oxygen atoms in total. The summed E-state index contributed by atoms with van der Waals surface area (Å²) in [6.07, 6.45) is 7.01. The van der Waals surface area contributed by atoms with E-state index in [9.17, 15) is 4.39 Å². The number of hydrazine groups is 1. The normalized spacial score (nSPS) is 20.2. The molecule has 0 heterocycles. The molecule has 1 unspecified atom stereocenters. The SMILES string of the molecule is CC1(C(Cc2ccc(F)c(Cl)c2)NN)CCCCC1. The van der Waals surface area contributed by atoms with Crippen molar-refractivity contribution in [2.45, 2.75) is 51.5 Å². The molecule has 106 valence electrons. The van der Waals surface area contributed by atoms with Crippen molar-refractivity contribution in [2.75, 3.05) is 0 Å². The molecule has 0 aromatic heterocycles. The molecular formula is C15H22ClFN2. The summed E-state index contributed by atoms with van der Waals surface area (Å²) in [7, 11) is 0. The molecule has 3 N–H and O–H groups in total. The van der Waals surface area contributed by atoms with Crippen molar-refractivity contribution in [3.05, 3.63) is 34.6 Å². The highest BCUT2D eigenvalue weighted by atomic mass is 35.5. The molecule has 1 aromatic rings. The number of nitrogens with one attached hydrogen (secondary N) is 1. The molecule has 0 spiro atoms. The standard InChI is InChI=1S/C15H22ClFN2/c1-15(7-3-2-4-8-15)14(19-18)10-11-5-6-13(17)12(16)9-11/h5-6,9,14,19H,2-4,7-8,10,18H2,1H3. The monoisotopic (exact) mass is 284 g/mol. The van der Waals surface area contributed by atoms with Crippen LogP contribution in [0.3, 0.4) is 0 Å². The number of hydrogen-bond acceptors (Lipinski definition) is 2. The molecule has 4 heteroatoms. The molecule has 1 aliphatic rings. The molecule has 0 bridgehead atoms. The van der Waals surface area contributed by atoms with Gasteiger partial charge in [-0.25, -0.2) is 4.39 Å². The Hall–Kier alpha value is -0.640. The highest BCUT2D eigenvalue weighted by molar-refractivity contribution is 6.30. The smallest absolute Gasteiger partial charge is 0.141 e. The molecule has 1 fully saturated rings. The highest BCUT2D eigenvalue weighted by Crippen LogP contribution is 2.39. The van der Waals surface area contributed by atoms with Crippen molar-refractivity contribution in [2.24, 2.45) is 11.3 Å². The van der Waals surface area contributed by atoms with E-state index in [4.69, 9.17) is 17.4 Å². The topological polar surface area (TPSA) is 38.0 Å². The number of rotatable bonds is 4. The summed E-state index contributed by atoms with van der Waals surface area (Å²) >= 11 is 5.83. The fourth-order valence-corrected chi connectivity index (χ4v) is 3.32. The number of nitrogens with two attached hydrogens (primary N) is 1. The lowest BCUT2D eigenvalue weighted by molar-refractivity contribution is 0.144. The lowest BCUT2D eigenvalue weighted by atomic mass is 9.69. The van der Waals surface area contributed by atoms with Gasteiger partial charge in [-0.1, -0.05) is 43.9 Å². The fourth-order valence-electron chi connectivity index (χ4n) is 3.12. The third kappa shape index (κ3) is 3.47. The van der Waals surface area contributed by atoms with Gasteiger partial charge in [0.2, 0.25) is 0 Å². The summed E-state index contributed by atoms with van der Waals surface area (Å²) in [6.45, 7) is 2.29. The minimum absolute atomic E-state index is 0.182. The van der Waals surface area contributed by atoms with Crippen molar-refractivity contribution in [3.8, 4) is 0 Å². The van der Waals surface area contributed by atoms with Gasteiger partial charge in [-0.3, -0.25) is 11.3 Å². The van der Waals surface area contributed by atoms with Crippen molar-refractivity contribution in [1.29, 1.82) is 0 Å². The first-order valence-electron chi connectivity index (χ1n) is 6.95. The van der Waals surface area contributed by atoms with Crippen molar-refractivity contribution >= 4 is 11.6 Å². The molecule has 2 rings (SSSR count). The van der Waals surface area contributed by atoms with Gasteiger partial charge in [-0.2, -0.15) is 0 Å². The van der Waals surface area contributed by atoms with Crippen LogP contribution in [0.2, 0.25) is 5.02 Å². The average Bonchev–Trinajstić information content (AvgIpc) is 2.40. The molecule has 19 heavy (non-hydrogen) atoms. The van der Waals surface area contributed by atoms with Crippen LogP contribution < -0.4 is 11.3 Å². The summed E-state index contributed by atoms with van der Waals surface area (Å²) in [4.78, 5) is 0. The zero-order chi connectivity index (χ0) is 13.9. The van der Waals surface area contributed by atoms with E-state index in [1.54, 1.807) is 12.1 Å². The van der Waals surface area contributed by atoms with E-state index in [2.05, 4.69) is 12.3 Å². The molecule has 0 radical (unpaired) electrons. The second-order valence-electron chi connectivity index (χ2n) is 5.89. The summed E-state index contributed by atoms with van der Waals surface area (Å²) in [5, 5.41) is 0.182. The Morgan fingerprint density at radius 2 is 2.05 bits per heavy atom. The molecule has 0 saturated heterocycles. The van der Waals surface area contributed by atoms with Crippen LogP contribution in [0.4, 0.5) is 4.39 Å². The van der Waals surface area contributed by atoms with Gasteiger partial charge in [0, 0.05) is 6.04 Å². The minimum atomic E-state index is -0.369. The van der Waals surface area contributed by atoms with E-state index < -0.39 is 0 Å². The first-order valence-corrected chi connectivity index (χ1v) is 7.33. The van der Waals surface area contributed by atoms with Gasteiger partial charge >= 0.3 is 0 Å². The zero-order valence-electron chi connectivity index (χ0n) is 11.4. The Labute approximate surface area is 119 Å². The summed E-state index contributed by atoms with van der Waals surface area (Å²) in [5.74, 6) is 5.38. The Bertz CT molecular complexity index is 430. The van der Waals surface area contributed by atoms with Crippen molar-refractivity contribution in [3.63, 3.8) is 0 Å². The maximum atomic E-state index is 13.2. The van der Waals surface area contributed by atoms with E-state index in [0.717, 1.165) is 12.0 Å². The molecule has 0 amide bonds. The number of benzene rings is 1. The Balaban J connectivity index is 2.11. The Morgan fingerprint density at radius 1 is 1.37 bits per heavy atom. The number of hydrogen-bond donors (Lipinski definition) is 2. The lowest BCUT2D eigenvalue weighted by Crippen LogP contribution is -2.49. The minimum Gasteiger partial charge on any atom is -0.271 e. The molecule has 0 aliphatic heterocycles. The van der Waals surface area contributed by atoms with Gasteiger partial charge in [-0.05, 0) is 42.4 Å². The van der Waals surface area contributed by atoms with Crippen LogP contribution in [0.25, 0.3) is 0 Å². The predicted molar refractivity (Wildman–Crippen MR) is 77.4 cm³/mol.